The molecule has 2 rings (SSSR count). The Hall–Kier alpha value is -2.08. The van der Waals surface area contributed by atoms with Crippen molar-refractivity contribution in [2.75, 3.05) is 6.54 Å². The number of hydrogen-bond acceptors (Lipinski definition) is 4. The second-order valence-electron chi connectivity index (χ2n) is 5.33. The van der Waals surface area contributed by atoms with E-state index in [0.717, 1.165) is 11.1 Å². The van der Waals surface area contributed by atoms with Crippen LogP contribution in [0, 0.1) is 0 Å². The first-order valence-corrected chi connectivity index (χ1v) is 8.09. The molecule has 0 spiro atoms. The number of hydrogen-bond donors (Lipinski definition) is 3. The van der Waals surface area contributed by atoms with Crippen LogP contribution < -0.4 is 5.32 Å². The molecule has 0 heterocycles. The maximum Gasteiger partial charge on any atom is 0.407 e. The quantitative estimate of drug-likeness (QED) is 0.672. The van der Waals surface area contributed by atoms with E-state index in [0.29, 0.717) is 11.4 Å². The molecule has 0 fully saturated rings. The largest absolute Gasteiger partial charge is 0.445 e. The summed E-state index contributed by atoms with van der Waals surface area (Å²) in [6.45, 7) is 0.0251. The number of halogens is 1. The van der Waals surface area contributed by atoms with E-state index in [1.54, 1.807) is 24.3 Å². The van der Waals surface area contributed by atoms with Crippen molar-refractivity contribution in [1.29, 1.82) is 0 Å². The van der Waals surface area contributed by atoms with Crippen LogP contribution in [0.2, 0.25) is 0 Å². The molecule has 0 radical (unpaired) electrons. The highest BCUT2D eigenvalue weighted by atomic mass is 35.5. The lowest BCUT2D eigenvalue weighted by molar-refractivity contribution is 0.0184. The fraction of sp³-hybridized carbons (Fsp3) is 0.278. The molecule has 6 heteroatoms. The summed E-state index contributed by atoms with van der Waals surface area (Å²) in [6.07, 6.45) is -2.90. The van der Waals surface area contributed by atoms with Gasteiger partial charge in [-0.25, -0.2) is 4.79 Å². The minimum atomic E-state index is -1.14. The van der Waals surface area contributed by atoms with Gasteiger partial charge in [-0.2, -0.15) is 0 Å². The first-order chi connectivity index (χ1) is 11.6. The molecule has 0 saturated carbocycles. The van der Waals surface area contributed by atoms with Gasteiger partial charge in [-0.05, 0) is 16.7 Å². The first-order valence-electron chi connectivity index (χ1n) is 7.55. The lowest BCUT2D eigenvalue weighted by atomic mass is 10.0. The van der Waals surface area contributed by atoms with E-state index in [9.17, 15) is 15.0 Å². The Morgan fingerprint density at radius 2 is 1.71 bits per heavy atom. The number of alkyl carbamates (subject to hydrolysis) is 1. The van der Waals surface area contributed by atoms with Crippen molar-refractivity contribution < 1.29 is 19.7 Å². The van der Waals surface area contributed by atoms with Gasteiger partial charge >= 0.3 is 6.09 Å². The second-order valence-corrected chi connectivity index (χ2v) is 5.60. The number of alkyl halides is 1. The highest BCUT2D eigenvalue weighted by Gasteiger charge is 2.19. The maximum absolute atomic E-state index is 11.6. The number of benzene rings is 2. The summed E-state index contributed by atoms with van der Waals surface area (Å²) in [4.78, 5) is 11.6. The minimum absolute atomic E-state index is 0.119. The zero-order chi connectivity index (χ0) is 17.4. The molecule has 0 aromatic heterocycles. The van der Waals surface area contributed by atoms with Crippen molar-refractivity contribution in [1.82, 2.24) is 5.32 Å². The third-order valence-electron chi connectivity index (χ3n) is 3.51. The van der Waals surface area contributed by atoms with E-state index in [1.807, 2.05) is 30.3 Å². The number of aliphatic hydroxyl groups excluding tert-OH is 2. The van der Waals surface area contributed by atoms with E-state index in [-0.39, 0.29) is 13.2 Å². The normalized spacial score (nSPS) is 13.1. The standard InChI is InChI=1S/C18H20ClNO4/c19-10-13-6-8-15(9-7-13)17(22)16(21)11-20-18(23)24-12-14-4-2-1-3-5-14/h1-9,16-17,21-22H,10-12H2,(H,20,23). The molecule has 0 aliphatic heterocycles. The SMILES string of the molecule is O=C(NCC(O)C(O)c1ccc(CCl)cc1)OCc1ccccc1. The van der Waals surface area contributed by atoms with Crippen LogP contribution >= 0.6 is 11.6 Å². The molecule has 2 aromatic rings. The van der Waals surface area contributed by atoms with Gasteiger partial charge in [-0.1, -0.05) is 54.6 Å². The fourth-order valence-corrected chi connectivity index (χ4v) is 2.28. The van der Waals surface area contributed by atoms with Crippen LogP contribution in [0.15, 0.2) is 54.6 Å². The molecule has 0 aliphatic rings. The van der Waals surface area contributed by atoms with Gasteiger partial charge in [0.1, 0.15) is 18.8 Å². The van der Waals surface area contributed by atoms with Crippen molar-refractivity contribution >= 4 is 17.7 Å². The smallest absolute Gasteiger partial charge is 0.407 e. The summed E-state index contributed by atoms with van der Waals surface area (Å²) in [6, 6.07) is 16.2. The Morgan fingerprint density at radius 1 is 1.04 bits per heavy atom. The molecule has 5 nitrogen and oxygen atoms in total. The number of nitrogens with one attached hydrogen (secondary N) is 1. The summed E-state index contributed by atoms with van der Waals surface area (Å²) < 4.78 is 5.04. The highest BCUT2D eigenvalue weighted by Crippen LogP contribution is 2.18. The highest BCUT2D eigenvalue weighted by molar-refractivity contribution is 6.17. The Labute approximate surface area is 145 Å². The number of carbonyl (C=O) groups is 1. The van der Waals surface area contributed by atoms with Gasteiger partial charge in [-0.3, -0.25) is 0 Å². The number of aliphatic hydroxyl groups is 2. The molecule has 2 unspecified atom stereocenters. The van der Waals surface area contributed by atoms with E-state index in [4.69, 9.17) is 16.3 Å². The third-order valence-corrected chi connectivity index (χ3v) is 3.82. The van der Waals surface area contributed by atoms with Gasteiger partial charge in [0, 0.05) is 12.4 Å². The van der Waals surface area contributed by atoms with Gasteiger partial charge in [0.25, 0.3) is 0 Å². The van der Waals surface area contributed by atoms with Crippen molar-refractivity contribution in [3.8, 4) is 0 Å². The molecule has 0 saturated heterocycles. The second kappa shape index (κ2) is 9.27. The summed E-state index contributed by atoms with van der Waals surface area (Å²) in [5, 5.41) is 22.5. The van der Waals surface area contributed by atoms with Crippen molar-refractivity contribution in [3.05, 3.63) is 71.3 Å². The van der Waals surface area contributed by atoms with Crippen molar-refractivity contribution in [2.45, 2.75) is 24.7 Å². The topological polar surface area (TPSA) is 78.8 Å². The van der Waals surface area contributed by atoms with Crippen LogP contribution in [0.1, 0.15) is 22.8 Å². The van der Waals surface area contributed by atoms with E-state index in [1.165, 1.54) is 0 Å². The van der Waals surface area contributed by atoms with E-state index in [2.05, 4.69) is 5.32 Å². The van der Waals surface area contributed by atoms with Crippen molar-refractivity contribution in [2.24, 2.45) is 0 Å². The molecule has 128 valence electrons. The average Bonchev–Trinajstić information content (AvgIpc) is 2.64. The first kappa shape index (κ1) is 18.3. The molecule has 1 amide bonds. The van der Waals surface area contributed by atoms with E-state index >= 15 is 0 Å². The predicted octanol–water partition coefficient (Wildman–Crippen LogP) is 2.75. The Balaban J connectivity index is 1.76. The predicted molar refractivity (Wildman–Crippen MR) is 91.6 cm³/mol. The van der Waals surface area contributed by atoms with Crippen LogP contribution in [0.25, 0.3) is 0 Å². The Kier molecular flexibility index (Phi) is 7.06. The van der Waals surface area contributed by atoms with Gasteiger partial charge in [0.15, 0.2) is 0 Å². The zero-order valence-corrected chi connectivity index (χ0v) is 13.8. The summed E-state index contributed by atoms with van der Waals surface area (Å²) in [5.41, 5.74) is 2.34. The van der Waals surface area contributed by atoms with Crippen LogP contribution in [-0.4, -0.2) is 29.0 Å². The molecular weight excluding hydrogens is 330 g/mol. The summed E-state index contributed by atoms with van der Waals surface area (Å²) >= 11 is 5.71. The Bertz CT molecular complexity index is 633. The van der Waals surface area contributed by atoms with Crippen LogP contribution in [0.3, 0.4) is 0 Å². The number of carbonyl (C=O) groups excluding carboxylic acids is 1. The maximum atomic E-state index is 11.6. The lowest BCUT2D eigenvalue weighted by Gasteiger charge is -2.18. The van der Waals surface area contributed by atoms with Gasteiger partial charge in [0.05, 0.1) is 0 Å². The summed E-state index contributed by atoms with van der Waals surface area (Å²) in [7, 11) is 0. The van der Waals surface area contributed by atoms with E-state index < -0.39 is 18.3 Å². The van der Waals surface area contributed by atoms with Crippen LogP contribution in [0.4, 0.5) is 4.79 Å². The van der Waals surface area contributed by atoms with Gasteiger partial charge in [-0.15, -0.1) is 11.6 Å². The molecule has 2 atom stereocenters. The van der Waals surface area contributed by atoms with Gasteiger partial charge in [0.2, 0.25) is 0 Å². The number of rotatable bonds is 7. The number of amides is 1. The Morgan fingerprint density at radius 3 is 2.33 bits per heavy atom. The molecule has 2 aromatic carbocycles. The molecular formula is C18H20ClNO4. The van der Waals surface area contributed by atoms with Gasteiger partial charge < -0.3 is 20.3 Å². The lowest BCUT2D eigenvalue weighted by Crippen LogP contribution is -2.35. The molecule has 0 aliphatic carbocycles. The molecule has 0 bridgehead atoms. The van der Waals surface area contributed by atoms with Crippen LogP contribution in [-0.2, 0) is 17.2 Å². The third kappa shape index (κ3) is 5.53. The molecule has 24 heavy (non-hydrogen) atoms. The minimum Gasteiger partial charge on any atom is -0.445 e. The van der Waals surface area contributed by atoms with Crippen molar-refractivity contribution in [3.63, 3.8) is 0 Å². The number of ether oxygens (including phenoxy) is 1. The average molecular weight is 350 g/mol. The zero-order valence-electron chi connectivity index (χ0n) is 13.1. The monoisotopic (exact) mass is 349 g/mol. The summed E-state index contributed by atoms with van der Waals surface area (Å²) in [5.74, 6) is 0.383. The fourth-order valence-electron chi connectivity index (χ4n) is 2.10. The van der Waals surface area contributed by atoms with Crippen LogP contribution in [0.5, 0.6) is 0 Å². The molecule has 3 N–H and O–H groups in total.